The molecule has 0 amide bonds. The first-order valence-electron chi connectivity index (χ1n) is 39.1. The smallest absolute Gasteiger partial charge is 0.178 e. The molecule has 7 aromatic heterocycles. The fourth-order valence-electron chi connectivity index (χ4n) is 17.1. The summed E-state index contributed by atoms with van der Waals surface area (Å²) in [7, 11) is 0. The molecule has 23 rings (SSSR count). The highest BCUT2D eigenvalue weighted by atomic mass is 16.3. The van der Waals surface area contributed by atoms with Crippen LogP contribution in [-0.4, -0.2) is 34.1 Å². The van der Waals surface area contributed by atoms with Crippen molar-refractivity contribution in [3.05, 3.63) is 407 Å². The Balaban J connectivity index is 0.000000141. The van der Waals surface area contributed by atoms with Crippen LogP contribution in [0.3, 0.4) is 0 Å². The van der Waals surface area contributed by atoms with E-state index in [0.717, 1.165) is 167 Å². The second-order valence-electron chi connectivity index (χ2n) is 29.4. The zero-order valence-electron chi connectivity index (χ0n) is 62.6. The summed E-state index contributed by atoms with van der Waals surface area (Å²) in [5.41, 5.74) is 29.3. The summed E-state index contributed by atoms with van der Waals surface area (Å²) >= 11 is 0. The molecule has 0 aliphatic rings. The van der Waals surface area contributed by atoms with Gasteiger partial charge in [0, 0.05) is 94.7 Å². The summed E-state index contributed by atoms with van der Waals surface area (Å²) in [6.45, 7) is 0. The van der Waals surface area contributed by atoms with Gasteiger partial charge in [-0.05, 0) is 170 Å². The Kier molecular flexibility index (Phi) is 16.4. The van der Waals surface area contributed by atoms with Crippen molar-refractivity contribution < 1.29 is 8.83 Å². The van der Waals surface area contributed by atoms with Gasteiger partial charge in [0.25, 0.3) is 0 Å². The molecule has 7 heterocycles. The van der Waals surface area contributed by atoms with Gasteiger partial charge in [-0.25, -0.2) is 24.9 Å². The second kappa shape index (κ2) is 28.2. The molecular formula is C107H67N7O2. The van der Waals surface area contributed by atoms with Crippen LogP contribution in [0.2, 0.25) is 0 Å². The average molecular weight is 1480 g/mol. The molecule has 23 aromatic rings. The maximum atomic E-state index is 6.44. The van der Waals surface area contributed by atoms with E-state index >= 15 is 0 Å². The summed E-state index contributed by atoms with van der Waals surface area (Å²) in [6, 6.07) is 139. The lowest BCUT2D eigenvalue weighted by atomic mass is 9.96. The topological polar surface area (TPSA) is 101 Å². The number of pyridine rings is 1. The second-order valence-corrected chi connectivity index (χ2v) is 29.4. The Morgan fingerprint density at radius 2 is 0.655 bits per heavy atom. The first kappa shape index (κ1) is 67.2. The van der Waals surface area contributed by atoms with Crippen LogP contribution >= 0.6 is 0 Å². The predicted molar refractivity (Wildman–Crippen MR) is 477 cm³/mol. The Bertz CT molecular complexity index is 7710. The summed E-state index contributed by atoms with van der Waals surface area (Å²) < 4.78 is 17.5. The summed E-state index contributed by atoms with van der Waals surface area (Å²) in [5, 5.41) is 11.7. The molecule has 0 aliphatic heterocycles. The SMILES string of the molecule is c1ccc(-c2cc(-c3cccc(-c4ccc5c(c4)c4ccccc4n5-c4cccc(-c5cccc6oc7ccccc7c56)c4)c3)cc(-c3ncccn3)n2)cc1.c1ccc(-c2nc(-c3ccc(-c4ccc5c(c4)c4ccccc4n5-c4cccc(-c5cccc6c5oc5ccccc56)c4)cc3)cc(-c3cccc4ccccc34)n2)cc1. The van der Waals surface area contributed by atoms with Crippen molar-refractivity contribution in [3.63, 3.8) is 0 Å². The van der Waals surface area contributed by atoms with Crippen molar-refractivity contribution in [1.29, 1.82) is 0 Å². The number of benzene rings is 16. The summed E-state index contributed by atoms with van der Waals surface area (Å²) in [4.78, 5) is 24.3. The van der Waals surface area contributed by atoms with Crippen molar-refractivity contribution in [1.82, 2.24) is 34.1 Å². The van der Waals surface area contributed by atoms with Crippen molar-refractivity contribution in [2.45, 2.75) is 0 Å². The highest BCUT2D eigenvalue weighted by Crippen LogP contribution is 2.44. The van der Waals surface area contributed by atoms with Gasteiger partial charge in [0.2, 0.25) is 0 Å². The van der Waals surface area contributed by atoms with E-state index < -0.39 is 0 Å². The molecule has 0 N–H and O–H groups in total. The fraction of sp³-hybridized carbons (Fsp3) is 0. The van der Waals surface area contributed by atoms with Gasteiger partial charge in [0.1, 0.15) is 28.0 Å². The van der Waals surface area contributed by atoms with Gasteiger partial charge >= 0.3 is 0 Å². The number of hydrogen-bond donors (Lipinski definition) is 0. The van der Waals surface area contributed by atoms with Crippen LogP contribution in [0, 0.1) is 0 Å². The fourth-order valence-corrected chi connectivity index (χ4v) is 17.1. The van der Waals surface area contributed by atoms with E-state index in [1.54, 1.807) is 12.4 Å². The Morgan fingerprint density at radius 1 is 0.207 bits per heavy atom. The molecule has 0 atom stereocenters. The van der Waals surface area contributed by atoms with Crippen LogP contribution in [-0.2, 0) is 0 Å². The molecule has 9 nitrogen and oxygen atoms in total. The number of nitrogens with zero attached hydrogens (tertiary/aromatic N) is 7. The van der Waals surface area contributed by atoms with E-state index in [1.165, 1.54) is 43.4 Å². The minimum absolute atomic E-state index is 0.599. The molecule has 0 unspecified atom stereocenters. The highest BCUT2D eigenvalue weighted by molar-refractivity contribution is 6.15. The first-order chi connectivity index (χ1) is 57.5. The van der Waals surface area contributed by atoms with Gasteiger partial charge in [-0.15, -0.1) is 0 Å². The molecule has 0 saturated carbocycles. The van der Waals surface area contributed by atoms with Gasteiger partial charge in [0.15, 0.2) is 11.6 Å². The van der Waals surface area contributed by atoms with Crippen LogP contribution in [0.25, 0.3) is 222 Å². The zero-order chi connectivity index (χ0) is 76.6. The van der Waals surface area contributed by atoms with E-state index in [4.69, 9.17) is 23.8 Å². The molecule has 0 bridgehead atoms. The van der Waals surface area contributed by atoms with E-state index in [9.17, 15) is 0 Å². The number of aromatic nitrogens is 7. The van der Waals surface area contributed by atoms with Gasteiger partial charge in [-0.3, -0.25) is 0 Å². The van der Waals surface area contributed by atoms with E-state index in [-0.39, 0.29) is 0 Å². The lowest BCUT2D eigenvalue weighted by molar-refractivity contribution is 0.669. The lowest BCUT2D eigenvalue weighted by Gasteiger charge is -2.12. The molecule has 0 spiro atoms. The molecule has 116 heavy (non-hydrogen) atoms. The zero-order valence-corrected chi connectivity index (χ0v) is 62.6. The van der Waals surface area contributed by atoms with Crippen molar-refractivity contribution in [2.24, 2.45) is 0 Å². The number of hydrogen-bond acceptors (Lipinski definition) is 7. The third-order valence-corrected chi connectivity index (χ3v) is 22.5. The summed E-state index contributed by atoms with van der Waals surface area (Å²) in [6.07, 6.45) is 3.51. The molecule has 0 radical (unpaired) electrons. The average Bonchev–Trinajstić information content (AvgIpc) is 1.58. The van der Waals surface area contributed by atoms with Crippen molar-refractivity contribution in [2.75, 3.05) is 0 Å². The van der Waals surface area contributed by atoms with Gasteiger partial charge in [-0.1, -0.05) is 285 Å². The number of fused-ring (bicyclic) bond motifs is 13. The van der Waals surface area contributed by atoms with Crippen LogP contribution in [0.5, 0.6) is 0 Å². The Hall–Kier alpha value is -15.7. The minimum atomic E-state index is 0.599. The van der Waals surface area contributed by atoms with E-state index in [0.29, 0.717) is 11.6 Å². The molecule has 542 valence electrons. The third-order valence-electron chi connectivity index (χ3n) is 22.5. The Labute approximate surface area is 667 Å². The number of rotatable bonds is 12. The third kappa shape index (κ3) is 11.9. The number of para-hydroxylation sites is 5. The van der Waals surface area contributed by atoms with Gasteiger partial charge in [-0.2, -0.15) is 0 Å². The maximum absolute atomic E-state index is 6.44. The molecule has 9 heteroatoms. The quantitative estimate of drug-likeness (QED) is 0.120. The standard InChI is InChI=1S/C56H35N3O.C51H32N4O/c1-2-14-39(15-3-1)56-57-50(35-51(58-56)45-23-11-16-37-13-4-5-19-43(37)45)38-29-27-36(28-30-38)40-31-32-53-49(34-40)46-20-6-8-25-52(46)59(53)42-18-10-17-41(33-42)44-22-12-24-48-47-21-7-9-26-54(47)60-55(44)48;1-2-12-33(13-3-1)44-31-38(32-45(54-44)51-52-26-11-27-53-51)35-15-8-14-34(28-35)36-24-25-47-43(30-36)41-18-4-6-21-46(41)55(47)39-17-9-16-37(29-39)40-20-10-23-49-50(40)42-19-5-7-22-48(42)56-49/h1-35H;1-32H. The van der Waals surface area contributed by atoms with Crippen molar-refractivity contribution in [3.8, 4) is 124 Å². The van der Waals surface area contributed by atoms with Crippen molar-refractivity contribution >= 4 is 98.3 Å². The minimum Gasteiger partial charge on any atom is -0.456 e. The first-order valence-corrected chi connectivity index (χ1v) is 39.1. The normalized spacial score (nSPS) is 11.6. The molecule has 0 fully saturated rings. The monoisotopic (exact) mass is 1480 g/mol. The molecule has 0 aliphatic carbocycles. The van der Waals surface area contributed by atoms with Gasteiger partial charge < -0.3 is 18.0 Å². The lowest BCUT2D eigenvalue weighted by Crippen LogP contribution is -1.96. The molecule has 16 aromatic carbocycles. The molecular weight excluding hydrogens is 1420 g/mol. The van der Waals surface area contributed by atoms with E-state index in [2.05, 4.69) is 347 Å². The molecule has 0 saturated heterocycles. The van der Waals surface area contributed by atoms with Gasteiger partial charge in [0.05, 0.1) is 39.1 Å². The van der Waals surface area contributed by atoms with E-state index in [1.807, 2.05) is 66.7 Å². The highest BCUT2D eigenvalue weighted by Gasteiger charge is 2.22. The number of furan rings is 2. The van der Waals surface area contributed by atoms with Crippen LogP contribution in [0.1, 0.15) is 0 Å². The Morgan fingerprint density at radius 3 is 1.37 bits per heavy atom. The van der Waals surface area contributed by atoms with Crippen LogP contribution in [0.15, 0.2) is 416 Å². The largest absolute Gasteiger partial charge is 0.456 e. The predicted octanol–water partition coefficient (Wildman–Crippen LogP) is 28.2. The maximum Gasteiger partial charge on any atom is 0.178 e. The van der Waals surface area contributed by atoms with Crippen LogP contribution < -0.4 is 0 Å². The summed E-state index contributed by atoms with van der Waals surface area (Å²) in [5.74, 6) is 1.31. The van der Waals surface area contributed by atoms with Crippen LogP contribution in [0.4, 0.5) is 0 Å².